The Morgan fingerprint density at radius 3 is 2.79 bits per heavy atom. The maximum absolute atomic E-state index is 6.18. The minimum atomic E-state index is -0.0374. The summed E-state index contributed by atoms with van der Waals surface area (Å²) in [5.74, 6) is 0.649. The predicted molar refractivity (Wildman–Crippen MR) is 77.4 cm³/mol. The van der Waals surface area contributed by atoms with Gasteiger partial charge in [-0.05, 0) is 43.2 Å². The van der Waals surface area contributed by atoms with Gasteiger partial charge in [0.25, 0.3) is 0 Å². The first-order chi connectivity index (χ1) is 9.08. The third kappa shape index (κ3) is 3.46. The average Bonchev–Trinajstić information content (AvgIpc) is 2.39. The van der Waals surface area contributed by atoms with Crippen LogP contribution in [0.15, 0.2) is 36.5 Å². The number of hydrogen-bond acceptors (Lipinski definition) is 3. The van der Waals surface area contributed by atoms with Crippen LogP contribution in [0.5, 0.6) is 5.75 Å². The molecule has 0 unspecified atom stereocenters. The zero-order chi connectivity index (χ0) is 13.8. The monoisotopic (exact) mass is 276 g/mol. The van der Waals surface area contributed by atoms with E-state index < -0.39 is 0 Å². The Morgan fingerprint density at radius 1 is 1.37 bits per heavy atom. The zero-order valence-corrected chi connectivity index (χ0v) is 11.8. The van der Waals surface area contributed by atoms with Gasteiger partial charge in [0.2, 0.25) is 0 Å². The second-order valence-electron chi connectivity index (χ2n) is 4.53. The van der Waals surface area contributed by atoms with Crippen molar-refractivity contribution in [3.8, 4) is 5.75 Å². The summed E-state index contributed by atoms with van der Waals surface area (Å²) in [6.45, 7) is 4.33. The summed E-state index contributed by atoms with van der Waals surface area (Å²) in [4.78, 5) is 4.28. The Labute approximate surface area is 118 Å². The molecule has 0 fully saturated rings. The summed E-state index contributed by atoms with van der Waals surface area (Å²) in [7, 11) is 0. The number of aromatic nitrogens is 1. The summed E-state index contributed by atoms with van der Waals surface area (Å²) >= 11 is 6.18. The van der Waals surface area contributed by atoms with Crippen LogP contribution in [0.3, 0.4) is 0 Å². The first-order valence-corrected chi connectivity index (χ1v) is 6.54. The van der Waals surface area contributed by atoms with Gasteiger partial charge in [0, 0.05) is 12.2 Å². The number of ether oxygens (including phenoxy) is 1. The van der Waals surface area contributed by atoms with Crippen molar-refractivity contribution in [3.63, 3.8) is 0 Å². The van der Waals surface area contributed by atoms with Crippen molar-refractivity contribution in [1.29, 1.82) is 0 Å². The van der Waals surface area contributed by atoms with Crippen LogP contribution in [0, 0.1) is 6.92 Å². The van der Waals surface area contributed by atoms with Gasteiger partial charge in [0.05, 0.1) is 10.7 Å². The molecule has 1 atom stereocenters. The third-order valence-corrected chi connectivity index (χ3v) is 3.26. The van der Waals surface area contributed by atoms with Crippen molar-refractivity contribution in [2.24, 2.45) is 5.73 Å². The maximum atomic E-state index is 6.18. The molecule has 2 N–H and O–H groups in total. The number of pyridine rings is 1. The fourth-order valence-corrected chi connectivity index (χ4v) is 1.98. The van der Waals surface area contributed by atoms with Crippen LogP contribution < -0.4 is 10.5 Å². The highest BCUT2D eigenvalue weighted by molar-refractivity contribution is 6.32. The number of benzene rings is 1. The van der Waals surface area contributed by atoms with Gasteiger partial charge in [-0.1, -0.05) is 23.7 Å². The Bertz CT molecular complexity index is 570. The Hall–Kier alpha value is -1.58. The van der Waals surface area contributed by atoms with E-state index in [4.69, 9.17) is 22.1 Å². The van der Waals surface area contributed by atoms with E-state index in [1.807, 2.05) is 44.2 Å². The van der Waals surface area contributed by atoms with E-state index in [0.29, 0.717) is 17.4 Å². The van der Waals surface area contributed by atoms with Gasteiger partial charge in [-0.25, -0.2) is 0 Å². The number of nitrogens with two attached hydrogens (primary N) is 1. The summed E-state index contributed by atoms with van der Waals surface area (Å²) in [5, 5.41) is 0.573. The average molecular weight is 277 g/mol. The number of nitrogens with zero attached hydrogens (tertiary/aromatic N) is 1. The van der Waals surface area contributed by atoms with Gasteiger partial charge >= 0.3 is 0 Å². The molecular formula is C15H17ClN2O. The van der Waals surface area contributed by atoms with Crippen LogP contribution in [0.1, 0.15) is 29.8 Å². The molecule has 2 rings (SSSR count). The molecule has 4 heteroatoms. The molecule has 0 bridgehead atoms. The molecule has 1 aromatic heterocycles. The second kappa shape index (κ2) is 6.04. The first-order valence-electron chi connectivity index (χ1n) is 6.16. The smallest absolute Gasteiger partial charge is 0.138 e. The molecule has 0 aliphatic heterocycles. The molecule has 2 aromatic rings. The molecular weight excluding hydrogens is 260 g/mol. The topological polar surface area (TPSA) is 48.1 Å². The van der Waals surface area contributed by atoms with E-state index in [2.05, 4.69) is 4.98 Å². The van der Waals surface area contributed by atoms with Crippen molar-refractivity contribution in [2.75, 3.05) is 0 Å². The largest absolute Gasteiger partial charge is 0.486 e. The minimum absolute atomic E-state index is 0.0374. The highest BCUT2D eigenvalue weighted by Gasteiger charge is 2.07. The molecule has 0 spiro atoms. The molecule has 0 radical (unpaired) electrons. The normalized spacial score (nSPS) is 12.2. The number of halogens is 1. The highest BCUT2D eigenvalue weighted by Crippen LogP contribution is 2.28. The molecule has 1 heterocycles. The maximum Gasteiger partial charge on any atom is 0.138 e. The SMILES string of the molecule is Cc1cccnc1COc1ccc([C@H](C)N)cc1Cl. The highest BCUT2D eigenvalue weighted by atomic mass is 35.5. The first kappa shape index (κ1) is 13.8. The van der Waals surface area contributed by atoms with Crippen molar-refractivity contribution in [1.82, 2.24) is 4.98 Å². The molecule has 0 saturated carbocycles. The van der Waals surface area contributed by atoms with Gasteiger partial charge in [-0.2, -0.15) is 0 Å². The molecule has 0 amide bonds. The summed E-state index contributed by atoms with van der Waals surface area (Å²) < 4.78 is 5.70. The molecule has 1 aromatic carbocycles. The van der Waals surface area contributed by atoms with Crippen LogP contribution in [0.2, 0.25) is 5.02 Å². The predicted octanol–water partition coefficient (Wildman–Crippen LogP) is 3.64. The number of hydrogen-bond donors (Lipinski definition) is 1. The lowest BCUT2D eigenvalue weighted by atomic mass is 10.1. The Kier molecular flexibility index (Phi) is 4.40. The van der Waals surface area contributed by atoms with Crippen molar-refractivity contribution in [3.05, 3.63) is 58.4 Å². The lowest BCUT2D eigenvalue weighted by molar-refractivity contribution is 0.300. The van der Waals surface area contributed by atoms with Gasteiger partial charge < -0.3 is 10.5 Å². The summed E-state index contributed by atoms with van der Waals surface area (Å²) in [6.07, 6.45) is 1.76. The quantitative estimate of drug-likeness (QED) is 0.927. The lowest BCUT2D eigenvalue weighted by Gasteiger charge is -2.11. The van der Waals surface area contributed by atoms with E-state index in [1.165, 1.54) is 0 Å². The zero-order valence-electron chi connectivity index (χ0n) is 11.1. The molecule has 0 aliphatic carbocycles. The minimum Gasteiger partial charge on any atom is -0.486 e. The van der Waals surface area contributed by atoms with Crippen LogP contribution in [0.4, 0.5) is 0 Å². The van der Waals surface area contributed by atoms with E-state index in [0.717, 1.165) is 16.8 Å². The second-order valence-corrected chi connectivity index (χ2v) is 4.94. The van der Waals surface area contributed by atoms with E-state index >= 15 is 0 Å². The molecule has 19 heavy (non-hydrogen) atoms. The van der Waals surface area contributed by atoms with Crippen molar-refractivity contribution >= 4 is 11.6 Å². The molecule has 3 nitrogen and oxygen atoms in total. The standard InChI is InChI=1S/C15H17ClN2O/c1-10-4-3-7-18-14(10)9-19-15-6-5-12(11(2)17)8-13(15)16/h3-8,11H,9,17H2,1-2H3/t11-/m0/s1. The fourth-order valence-electron chi connectivity index (χ4n) is 1.73. The van der Waals surface area contributed by atoms with Crippen LogP contribution in [0.25, 0.3) is 0 Å². The van der Waals surface area contributed by atoms with Crippen LogP contribution in [-0.2, 0) is 6.61 Å². The van der Waals surface area contributed by atoms with Gasteiger partial charge in [0.15, 0.2) is 0 Å². The fraction of sp³-hybridized carbons (Fsp3) is 0.267. The third-order valence-electron chi connectivity index (χ3n) is 2.96. The van der Waals surface area contributed by atoms with Crippen LogP contribution >= 0.6 is 11.6 Å². The van der Waals surface area contributed by atoms with Crippen LogP contribution in [-0.4, -0.2) is 4.98 Å². The summed E-state index contributed by atoms with van der Waals surface area (Å²) in [5.41, 5.74) is 8.81. The molecule has 0 aliphatic rings. The van der Waals surface area contributed by atoms with Gasteiger partial charge in [-0.3, -0.25) is 4.98 Å². The van der Waals surface area contributed by atoms with E-state index in [-0.39, 0.29) is 6.04 Å². The van der Waals surface area contributed by atoms with Gasteiger partial charge in [-0.15, -0.1) is 0 Å². The Morgan fingerprint density at radius 2 is 2.16 bits per heavy atom. The van der Waals surface area contributed by atoms with Crippen molar-refractivity contribution < 1.29 is 4.74 Å². The lowest BCUT2D eigenvalue weighted by Crippen LogP contribution is -2.05. The number of rotatable bonds is 4. The molecule has 100 valence electrons. The van der Waals surface area contributed by atoms with Crippen molar-refractivity contribution in [2.45, 2.75) is 26.5 Å². The van der Waals surface area contributed by atoms with E-state index in [1.54, 1.807) is 6.20 Å². The Balaban J connectivity index is 2.10. The van der Waals surface area contributed by atoms with Gasteiger partial charge in [0.1, 0.15) is 12.4 Å². The molecule has 0 saturated heterocycles. The number of aryl methyl sites for hydroxylation is 1. The van der Waals surface area contributed by atoms with E-state index in [9.17, 15) is 0 Å². The summed E-state index contributed by atoms with van der Waals surface area (Å²) in [6, 6.07) is 9.49.